The summed E-state index contributed by atoms with van der Waals surface area (Å²) >= 11 is 0. The average Bonchev–Trinajstić information content (AvgIpc) is 2.79. The van der Waals surface area contributed by atoms with Crippen LogP contribution in [0.25, 0.3) is 32.6 Å². The van der Waals surface area contributed by atoms with Crippen LogP contribution in [0.3, 0.4) is 0 Å². The third-order valence-corrected chi connectivity index (χ3v) is 4.47. The van der Waals surface area contributed by atoms with E-state index in [1.54, 1.807) is 0 Å². The lowest BCUT2D eigenvalue weighted by molar-refractivity contribution is 1.01. The molecule has 2 heteroatoms. The van der Waals surface area contributed by atoms with E-state index in [1.807, 2.05) is 12.4 Å². The van der Waals surface area contributed by atoms with Crippen LogP contribution in [0.1, 0.15) is 11.1 Å². The summed E-state index contributed by atoms with van der Waals surface area (Å²) in [6.07, 6.45) is 3.86. The van der Waals surface area contributed by atoms with Gasteiger partial charge < -0.3 is 4.57 Å². The Morgan fingerprint density at radius 3 is 2.55 bits per heavy atom. The van der Waals surface area contributed by atoms with Gasteiger partial charge in [-0.3, -0.25) is 4.98 Å². The van der Waals surface area contributed by atoms with E-state index in [1.165, 1.54) is 43.7 Å². The lowest BCUT2D eigenvalue weighted by Gasteiger charge is -2.10. The van der Waals surface area contributed by atoms with Gasteiger partial charge in [0.05, 0.1) is 5.52 Å². The van der Waals surface area contributed by atoms with Gasteiger partial charge in [0.2, 0.25) is 0 Å². The Hall–Kier alpha value is -2.35. The van der Waals surface area contributed by atoms with Crippen LogP contribution in [0.15, 0.2) is 42.7 Å². The minimum Gasteiger partial charge on any atom is -0.343 e. The number of aryl methyl sites for hydroxylation is 3. The molecule has 98 valence electrons. The molecule has 20 heavy (non-hydrogen) atoms. The van der Waals surface area contributed by atoms with Crippen LogP contribution in [-0.2, 0) is 7.05 Å². The van der Waals surface area contributed by atoms with E-state index in [2.05, 4.69) is 60.8 Å². The summed E-state index contributed by atoms with van der Waals surface area (Å²) in [6, 6.07) is 10.7. The van der Waals surface area contributed by atoms with Crippen LogP contribution in [0.5, 0.6) is 0 Å². The van der Waals surface area contributed by atoms with Crippen molar-refractivity contribution < 1.29 is 0 Å². The molecule has 0 aliphatic rings. The zero-order valence-corrected chi connectivity index (χ0v) is 11.9. The van der Waals surface area contributed by atoms with E-state index in [-0.39, 0.29) is 0 Å². The molecule has 2 heterocycles. The monoisotopic (exact) mass is 260 g/mol. The number of rotatable bonds is 0. The van der Waals surface area contributed by atoms with Crippen LogP contribution in [-0.4, -0.2) is 9.55 Å². The molecule has 4 aromatic rings. The second-order valence-electron chi connectivity index (χ2n) is 5.47. The van der Waals surface area contributed by atoms with E-state index < -0.39 is 0 Å². The minimum atomic E-state index is 1.26. The summed E-state index contributed by atoms with van der Waals surface area (Å²) in [7, 11) is 2.16. The summed E-state index contributed by atoms with van der Waals surface area (Å²) < 4.78 is 2.31. The number of pyridine rings is 1. The Labute approximate surface area is 117 Å². The zero-order chi connectivity index (χ0) is 13.9. The van der Waals surface area contributed by atoms with Crippen molar-refractivity contribution in [3.8, 4) is 0 Å². The van der Waals surface area contributed by atoms with Crippen LogP contribution in [0.2, 0.25) is 0 Å². The molecule has 0 atom stereocenters. The minimum absolute atomic E-state index is 1.26. The van der Waals surface area contributed by atoms with Gasteiger partial charge in [-0.05, 0) is 42.5 Å². The van der Waals surface area contributed by atoms with E-state index in [0.29, 0.717) is 0 Å². The maximum absolute atomic E-state index is 4.30. The number of hydrogen-bond donors (Lipinski definition) is 0. The lowest BCUT2D eigenvalue weighted by atomic mass is 9.97. The molecule has 0 bridgehead atoms. The van der Waals surface area contributed by atoms with Gasteiger partial charge in [0.25, 0.3) is 0 Å². The second-order valence-corrected chi connectivity index (χ2v) is 5.47. The third kappa shape index (κ3) is 1.26. The molecule has 0 amide bonds. The fourth-order valence-corrected chi connectivity index (χ4v) is 3.49. The summed E-state index contributed by atoms with van der Waals surface area (Å²) in [4.78, 5) is 4.30. The molecule has 0 fully saturated rings. The van der Waals surface area contributed by atoms with E-state index >= 15 is 0 Å². The van der Waals surface area contributed by atoms with Crippen LogP contribution in [0.4, 0.5) is 0 Å². The molecule has 0 aliphatic carbocycles. The normalized spacial score (nSPS) is 11.8. The predicted molar refractivity (Wildman–Crippen MR) is 85.2 cm³/mol. The molecule has 2 aromatic heterocycles. The van der Waals surface area contributed by atoms with Gasteiger partial charge in [-0.25, -0.2) is 0 Å². The Balaban J connectivity index is 2.44. The van der Waals surface area contributed by atoms with Crippen LogP contribution >= 0.6 is 0 Å². The first-order valence-electron chi connectivity index (χ1n) is 6.90. The molecular formula is C18H16N2. The molecule has 0 N–H and O–H groups in total. The zero-order valence-electron chi connectivity index (χ0n) is 11.9. The SMILES string of the molecule is Cc1c2cnccc2c(C)c2c1c1ccccc1n2C. The van der Waals surface area contributed by atoms with Crippen molar-refractivity contribution in [2.45, 2.75) is 13.8 Å². The molecule has 0 radical (unpaired) electrons. The highest BCUT2D eigenvalue weighted by atomic mass is 14.9. The first-order valence-corrected chi connectivity index (χ1v) is 6.90. The van der Waals surface area contributed by atoms with E-state index in [4.69, 9.17) is 0 Å². The van der Waals surface area contributed by atoms with Gasteiger partial charge in [-0.2, -0.15) is 0 Å². The van der Waals surface area contributed by atoms with Crippen molar-refractivity contribution in [1.29, 1.82) is 0 Å². The van der Waals surface area contributed by atoms with Gasteiger partial charge in [-0.1, -0.05) is 18.2 Å². The molecule has 2 nitrogen and oxygen atoms in total. The molecule has 0 saturated carbocycles. The Kier molecular flexibility index (Phi) is 2.19. The van der Waals surface area contributed by atoms with Crippen molar-refractivity contribution in [3.05, 3.63) is 53.9 Å². The largest absolute Gasteiger partial charge is 0.343 e. The van der Waals surface area contributed by atoms with Crippen molar-refractivity contribution in [2.75, 3.05) is 0 Å². The highest BCUT2D eigenvalue weighted by molar-refractivity contribution is 6.16. The van der Waals surface area contributed by atoms with E-state index in [0.717, 1.165) is 0 Å². The number of aromatic nitrogens is 2. The van der Waals surface area contributed by atoms with Gasteiger partial charge in [-0.15, -0.1) is 0 Å². The summed E-state index contributed by atoms with van der Waals surface area (Å²) in [5, 5.41) is 5.25. The quantitative estimate of drug-likeness (QED) is 0.455. The van der Waals surface area contributed by atoms with E-state index in [9.17, 15) is 0 Å². The Morgan fingerprint density at radius 1 is 0.900 bits per heavy atom. The number of fused-ring (bicyclic) bond motifs is 4. The van der Waals surface area contributed by atoms with Gasteiger partial charge in [0.15, 0.2) is 0 Å². The first-order chi connectivity index (χ1) is 9.70. The topological polar surface area (TPSA) is 17.8 Å². The predicted octanol–water partition coefficient (Wildman–Crippen LogP) is 4.50. The fourth-order valence-electron chi connectivity index (χ4n) is 3.49. The fraction of sp³-hybridized carbons (Fsp3) is 0.167. The number of hydrogen-bond acceptors (Lipinski definition) is 1. The average molecular weight is 260 g/mol. The maximum Gasteiger partial charge on any atom is 0.0527 e. The van der Waals surface area contributed by atoms with Crippen LogP contribution in [0, 0.1) is 13.8 Å². The van der Waals surface area contributed by atoms with Crippen molar-refractivity contribution in [1.82, 2.24) is 9.55 Å². The number of nitrogens with zero attached hydrogens (tertiary/aromatic N) is 2. The van der Waals surface area contributed by atoms with Crippen molar-refractivity contribution in [2.24, 2.45) is 7.05 Å². The lowest BCUT2D eigenvalue weighted by Crippen LogP contribution is -1.92. The molecular weight excluding hydrogens is 244 g/mol. The van der Waals surface area contributed by atoms with Gasteiger partial charge >= 0.3 is 0 Å². The molecule has 2 aromatic carbocycles. The Morgan fingerprint density at radius 2 is 1.70 bits per heavy atom. The van der Waals surface area contributed by atoms with Crippen molar-refractivity contribution >= 4 is 32.6 Å². The molecule has 0 spiro atoms. The third-order valence-electron chi connectivity index (χ3n) is 4.47. The molecule has 0 aliphatic heterocycles. The summed E-state index contributed by atoms with van der Waals surface area (Å²) in [5.74, 6) is 0. The Bertz CT molecular complexity index is 977. The molecule has 0 unspecified atom stereocenters. The first kappa shape index (κ1) is 11.5. The summed E-state index contributed by atoms with van der Waals surface area (Å²) in [6.45, 7) is 4.42. The molecule has 4 rings (SSSR count). The number of para-hydroxylation sites is 1. The van der Waals surface area contributed by atoms with Crippen molar-refractivity contribution in [3.63, 3.8) is 0 Å². The maximum atomic E-state index is 4.30. The smallest absolute Gasteiger partial charge is 0.0527 e. The molecule has 0 saturated heterocycles. The summed E-state index contributed by atoms with van der Waals surface area (Å²) in [5.41, 5.74) is 5.28. The highest BCUT2D eigenvalue weighted by Gasteiger charge is 2.15. The van der Waals surface area contributed by atoms with Gasteiger partial charge in [0, 0.05) is 41.1 Å². The van der Waals surface area contributed by atoms with Gasteiger partial charge in [0.1, 0.15) is 0 Å². The van der Waals surface area contributed by atoms with Crippen LogP contribution < -0.4 is 0 Å². The highest BCUT2D eigenvalue weighted by Crippen LogP contribution is 2.37. The number of benzene rings is 2. The second kappa shape index (κ2) is 3.83. The standard InChI is InChI=1S/C18H16N2/c1-11-15-10-19-9-8-13(15)12(2)18-17(11)14-6-4-5-7-16(14)20(18)3/h4-10H,1-3H3.